The first kappa shape index (κ1) is 27.0. The van der Waals surface area contributed by atoms with E-state index >= 15 is 0 Å². The topological polar surface area (TPSA) is 93.0 Å². The molecule has 2 aliphatic heterocycles. The number of hydrogen-bond acceptors (Lipinski definition) is 7. The number of carbonyl (C=O) groups excluding carboxylic acids is 1. The smallest absolute Gasteiger partial charge is 0.313 e. The van der Waals surface area contributed by atoms with Crippen molar-refractivity contribution < 1.29 is 24.2 Å². The number of carboxylic acid groups (broad SMARTS) is 1. The second-order valence-corrected chi connectivity index (χ2v) is 11.2. The van der Waals surface area contributed by atoms with Crippen LogP contribution in [0.25, 0.3) is 10.9 Å². The number of ether oxygens (including phenoxy) is 2. The maximum absolute atomic E-state index is 13.3. The van der Waals surface area contributed by atoms with Crippen molar-refractivity contribution in [3.63, 3.8) is 0 Å². The molecule has 1 atom stereocenters. The maximum Gasteiger partial charge on any atom is 0.313 e. The number of thioether (sulfide) groups is 1. The number of morpholine rings is 1. The fourth-order valence-electron chi connectivity index (χ4n) is 4.74. The zero-order valence-corrected chi connectivity index (χ0v) is 23.0. The van der Waals surface area contributed by atoms with E-state index in [4.69, 9.17) is 38.4 Å². The van der Waals surface area contributed by atoms with Crippen LogP contribution in [-0.4, -0.2) is 70.4 Å². The van der Waals surface area contributed by atoms with Crippen LogP contribution in [0, 0.1) is 4.51 Å². The van der Waals surface area contributed by atoms with Crippen LogP contribution in [0.4, 0.5) is 0 Å². The Morgan fingerprint density at radius 2 is 1.92 bits per heavy atom. The first-order chi connectivity index (χ1) is 18.4. The van der Waals surface area contributed by atoms with Gasteiger partial charge >= 0.3 is 5.97 Å². The van der Waals surface area contributed by atoms with Crippen LogP contribution in [0.1, 0.15) is 21.5 Å². The minimum absolute atomic E-state index is 0.00726. The van der Waals surface area contributed by atoms with Crippen LogP contribution >= 0.6 is 35.6 Å². The summed E-state index contributed by atoms with van der Waals surface area (Å²) in [6.07, 6.45) is 1.56. The number of benzene rings is 2. The van der Waals surface area contributed by atoms with E-state index in [-0.39, 0.29) is 17.8 Å². The van der Waals surface area contributed by atoms with Crippen molar-refractivity contribution in [2.75, 3.05) is 37.8 Å². The van der Waals surface area contributed by atoms with Crippen LogP contribution in [0.3, 0.4) is 0 Å². The molecule has 1 aromatic heterocycles. The fourth-order valence-corrected chi connectivity index (χ4v) is 5.90. The Morgan fingerprint density at radius 1 is 1.16 bits per heavy atom. The number of hydrogen-bond donors (Lipinski definition) is 2. The lowest BCUT2D eigenvalue weighted by atomic mass is 10.0. The van der Waals surface area contributed by atoms with Gasteiger partial charge in [0.2, 0.25) is 0 Å². The van der Waals surface area contributed by atoms with Crippen molar-refractivity contribution in [1.29, 1.82) is 0 Å². The lowest BCUT2D eigenvalue weighted by Gasteiger charge is -2.30. The molecular weight excluding hydrogens is 546 g/mol. The first-order valence-corrected chi connectivity index (χ1v) is 14.3. The number of aliphatic carboxylic acids is 1. The zero-order chi connectivity index (χ0) is 26.6. The number of nitrogens with one attached hydrogen (secondary N) is 1. The molecule has 2 N–H and O–H groups in total. The average Bonchev–Trinajstić information content (AvgIpc) is 2.90. The minimum atomic E-state index is -0.857. The molecule has 1 amide bonds. The first-order valence-electron chi connectivity index (χ1n) is 12.4. The van der Waals surface area contributed by atoms with Crippen molar-refractivity contribution in [1.82, 2.24) is 14.8 Å². The number of carbonyl (C=O) groups is 2. The summed E-state index contributed by atoms with van der Waals surface area (Å²) in [5.74, 6) is 0.120. The second-order valence-electron chi connectivity index (χ2n) is 9.36. The largest absolute Gasteiger partial charge is 0.485 e. The number of rotatable bonds is 9. The van der Waals surface area contributed by atoms with E-state index in [2.05, 4.69) is 16.3 Å². The molecule has 5 rings (SSSR count). The molecule has 8 nitrogen and oxygen atoms in total. The van der Waals surface area contributed by atoms with Crippen LogP contribution in [-0.2, 0) is 29.2 Å². The SMILES string of the molecule is O=C(O)CSCC1Cn2cc(C(=O)NCc3ccc(Cl)cc3)c(=S)c3cc(CN4CCOCC4)cc(c32)O1. The van der Waals surface area contributed by atoms with Crippen LogP contribution in [0.2, 0.25) is 5.02 Å². The number of halogens is 1. The van der Waals surface area contributed by atoms with Crippen molar-refractivity contribution in [2.45, 2.75) is 25.7 Å². The normalized spacial score (nSPS) is 17.2. The number of pyridine rings is 1. The van der Waals surface area contributed by atoms with Crippen LogP contribution in [0.5, 0.6) is 5.75 Å². The molecule has 0 radical (unpaired) electrons. The third-order valence-electron chi connectivity index (χ3n) is 6.54. The molecule has 3 heterocycles. The Labute approximate surface area is 234 Å². The number of aromatic nitrogens is 1. The van der Waals surface area contributed by atoms with Gasteiger partial charge in [-0.1, -0.05) is 36.0 Å². The van der Waals surface area contributed by atoms with Crippen molar-refractivity contribution in [3.05, 3.63) is 68.8 Å². The molecule has 0 saturated carbocycles. The summed E-state index contributed by atoms with van der Waals surface area (Å²) in [6.45, 7) is 4.64. The van der Waals surface area contributed by atoms with E-state index in [0.717, 1.165) is 41.7 Å². The Kier molecular flexibility index (Phi) is 8.54. The molecule has 3 aromatic rings. The molecule has 38 heavy (non-hydrogen) atoms. The zero-order valence-electron chi connectivity index (χ0n) is 20.7. The van der Waals surface area contributed by atoms with Gasteiger partial charge in [0.15, 0.2) is 0 Å². The number of nitrogens with zero attached hydrogens (tertiary/aromatic N) is 2. The van der Waals surface area contributed by atoms with E-state index in [1.807, 2.05) is 22.8 Å². The van der Waals surface area contributed by atoms with Crippen molar-refractivity contribution in [3.8, 4) is 5.75 Å². The van der Waals surface area contributed by atoms with Crippen LogP contribution in [0.15, 0.2) is 42.6 Å². The van der Waals surface area contributed by atoms with Gasteiger partial charge in [-0.3, -0.25) is 14.5 Å². The molecule has 1 fully saturated rings. The second kappa shape index (κ2) is 12.0. The molecule has 0 aliphatic carbocycles. The van der Waals surface area contributed by atoms with Crippen molar-refractivity contribution in [2.24, 2.45) is 0 Å². The highest BCUT2D eigenvalue weighted by Crippen LogP contribution is 2.35. The Balaban J connectivity index is 1.47. The molecule has 2 aromatic carbocycles. The molecule has 0 spiro atoms. The monoisotopic (exact) mass is 573 g/mol. The molecule has 11 heteroatoms. The Hall–Kier alpha value is -2.63. The van der Waals surface area contributed by atoms with Crippen molar-refractivity contribution >= 4 is 58.4 Å². The Bertz CT molecular complexity index is 1410. The molecule has 1 unspecified atom stereocenters. The highest BCUT2D eigenvalue weighted by Gasteiger charge is 2.25. The summed E-state index contributed by atoms with van der Waals surface area (Å²) in [4.78, 5) is 26.7. The van der Waals surface area contributed by atoms with Gasteiger partial charge in [-0.05, 0) is 35.4 Å². The quantitative estimate of drug-likeness (QED) is 0.365. The van der Waals surface area contributed by atoms with Gasteiger partial charge in [0.05, 0.1) is 41.1 Å². The van der Waals surface area contributed by atoms with Gasteiger partial charge in [0.25, 0.3) is 5.91 Å². The van der Waals surface area contributed by atoms with Gasteiger partial charge in [-0.25, -0.2) is 0 Å². The summed E-state index contributed by atoms with van der Waals surface area (Å²) >= 11 is 13.1. The number of amides is 1. The predicted octanol–water partition coefficient (Wildman–Crippen LogP) is 4.37. The molecule has 200 valence electrons. The third kappa shape index (κ3) is 6.32. The van der Waals surface area contributed by atoms with Crippen LogP contribution < -0.4 is 10.1 Å². The average molecular weight is 574 g/mol. The van der Waals surface area contributed by atoms with Gasteiger partial charge in [0, 0.05) is 48.5 Å². The van der Waals surface area contributed by atoms with Gasteiger partial charge in [-0.2, -0.15) is 0 Å². The lowest BCUT2D eigenvalue weighted by molar-refractivity contribution is -0.133. The summed E-state index contributed by atoms with van der Waals surface area (Å²) in [5.41, 5.74) is 3.26. The van der Waals surface area contributed by atoms with E-state index in [1.54, 1.807) is 18.3 Å². The molecule has 0 bridgehead atoms. The number of carboxylic acids is 1. The summed E-state index contributed by atoms with van der Waals surface area (Å²) in [5, 5.41) is 13.5. The molecule has 1 saturated heterocycles. The summed E-state index contributed by atoms with van der Waals surface area (Å²) in [7, 11) is 0. The highest BCUT2D eigenvalue weighted by molar-refractivity contribution is 7.99. The summed E-state index contributed by atoms with van der Waals surface area (Å²) < 4.78 is 14.3. The molecule has 2 aliphatic rings. The predicted molar refractivity (Wildman–Crippen MR) is 151 cm³/mol. The Morgan fingerprint density at radius 3 is 2.66 bits per heavy atom. The minimum Gasteiger partial charge on any atom is -0.485 e. The van der Waals surface area contributed by atoms with E-state index in [1.165, 1.54) is 11.8 Å². The maximum atomic E-state index is 13.3. The van der Waals surface area contributed by atoms with Gasteiger partial charge in [0.1, 0.15) is 11.9 Å². The fraction of sp³-hybridized carbons (Fsp3) is 0.370. The van der Waals surface area contributed by atoms with Gasteiger partial charge < -0.3 is 24.5 Å². The summed E-state index contributed by atoms with van der Waals surface area (Å²) in [6, 6.07) is 11.4. The van der Waals surface area contributed by atoms with E-state index in [9.17, 15) is 9.59 Å². The van der Waals surface area contributed by atoms with E-state index in [0.29, 0.717) is 52.9 Å². The van der Waals surface area contributed by atoms with E-state index < -0.39 is 5.97 Å². The molecular formula is C27H28ClN3O5S2. The standard InChI is InChI=1S/C27H28ClN3O5S2/c28-19-3-1-17(2-4-19)11-29-27(34)22-14-31-13-20(15-38-16-24(32)33)36-23-10-18(9-21(25(23)31)26(22)37)12-30-5-7-35-8-6-30/h1-4,9-10,14,20H,5-8,11-13,15-16H2,(H,29,34)(H,32,33). The lowest BCUT2D eigenvalue weighted by Crippen LogP contribution is -2.36. The highest BCUT2D eigenvalue weighted by atomic mass is 35.5. The third-order valence-corrected chi connectivity index (χ3v) is 8.29. The van der Waals surface area contributed by atoms with Gasteiger partial charge in [-0.15, -0.1) is 11.8 Å².